The van der Waals surface area contributed by atoms with Gasteiger partial charge in [0.2, 0.25) is 5.91 Å². The van der Waals surface area contributed by atoms with Crippen LogP contribution in [0.5, 0.6) is 5.75 Å². The van der Waals surface area contributed by atoms with E-state index in [-0.39, 0.29) is 17.8 Å². The van der Waals surface area contributed by atoms with Gasteiger partial charge in [0.15, 0.2) is 11.6 Å². The van der Waals surface area contributed by atoms with Crippen LogP contribution in [0, 0.1) is 5.82 Å². The molecular weight excluding hydrogens is 329 g/mol. The van der Waals surface area contributed by atoms with Gasteiger partial charge in [-0.15, -0.1) is 0 Å². The molecule has 0 spiro atoms. The summed E-state index contributed by atoms with van der Waals surface area (Å²) in [5.74, 6) is -0.478. The predicted molar refractivity (Wildman–Crippen MR) is 86.7 cm³/mol. The van der Waals surface area contributed by atoms with E-state index >= 15 is 0 Å². The third-order valence-electron chi connectivity index (χ3n) is 3.93. The number of nitrogens with zero attached hydrogens (tertiary/aromatic N) is 4. The van der Waals surface area contributed by atoms with Crippen molar-refractivity contribution in [3.05, 3.63) is 42.2 Å². The fourth-order valence-electron chi connectivity index (χ4n) is 2.45. The topological polar surface area (TPSA) is 90.6 Å². The number of carbonyl (C=O) groups excluding carboxylic acids is 1. The molecule has 8 nitrogen and oxygen atoms in total. The molecule has 1 aliphatic rings. The predicted octanol–water partition coefficient (Wildman–Crippen LogP) is 1.30. The number of rotatable bonds is 6. The summed E-state index contributed by atoms with van der Waals surface area (Å²) in [6.07, 6.45) is 3.03. The number of benzene rings is 1. The number of oxime groups is 1. The second-order valence-electron chi connectivity index (χ2n) is 5.62. The highest BCUT2D eigenvalue weighted by Crippen LogP contribution is 2.22. The highest BCUT2D eigenvalue weighted by atomic mass is 19.1. The second-order valence-corrected chi connectivity index (χ2v) is 5.62. The molecule has 2 heterocycles. The minimum Gasteiger partial charge on any atom is -0.494 e. The van der Waals surface area contributed by atoms with E-state index in [2.05, 4.69) is 20.6 Å². The standard InChI is InChI=1S/C16H18FN5O3/c1-10(22-9-18-8-20-22)16(23)19-7-12-6-14(21-25-12)11-3-4-15(24-2)13(17)5-11/h3-5,8-10,12H,6-7H2,1-2H3,(H,19,23)/t10-,12-/m1/s1. The molecule has 2 aromatic rings. The molecule has 1 amide bonds. The minimum atomic E-state index is -0.472. The largest absolute Gasteiger partial charge is 0.494 e. The van der Waals surface area contributed by atoms with Gasteiger partial charge in [-0.2, -0.15) is 5.10 Å². The van der Waals surface area contributed by atoms with Gasteiger partial charge in [0.25, 0.3) is 0 Å². The monoisotopic (exact) mass is 347 g/mol. The molecule has 0 saturated carbocycles. The number of aromatic nitrogens is 3. The highest BCUT2D eigenvalue weighted by molar-refractivity contribution is 6.01. The Labute approximate surface area is 143 Å². The van der Waals surface area contributed by atoms with Gasteiger partial charge in [-0.1, -0.05) is 5.16 Å². The molecule has 9 heteroatoms. The Bertz CT molecular complexity index is 778. The molecule has 0 saturated heterocycles. The molecule has 0 radical (unpaired) electrons. The molecule has 1 N–H and O–H groups in total. The second kappa shape index (κ2) is 7.29. The Morgan fingerprint density at radius 2 is 2.40 bits per heavy atom. The van der Waals surface area contributed by atoms with Crippen molar-refractivity contribution in [2.24, 2.45) is 5.16 Å². The minimum absolute atomic E-state index is 0.175. The Balaban J connectivity index is 1.52. The van der Waals surface area contributed by atoms with E-state index in [0.717, 1.165) is 0 Å². The van der Waals surface area contributed by atoms with Crippen LogP contribution in [0.2, 0.25) is 0 Å². The van der Waals surface area contributed by atoms with Crippen LogP contribution >= 0.6 is 0 Å². The third-order valence-corrected chi connectivity index (χ3v) is 3.93. The smallest absolute Gasteiger partial charge is 0.244 e. The van der Waals surface area contributed by atoms with Crippen molar-refractivity contribution in [1.29, 1.82) is 0 Å². The number of amides is 1. The lowest BCUT2D eigenvalue weighted by molar-refractivity contribution is -0.124. The highest BCUT2D eigenvalue weighted by Gasteiger charge is 2.24. The molecular formula is C16H18FN5O3. The molecule has 2 atom stereocenters. The number of methoxy groups -OCH3 is 1. The number of nitrogens with one attached hydrogen (secondary N) is 1. The van der Waals surface area contributed by atoms with E-state index in [1.165, 1.54) is 30.5 Å². The first-order chi connectivity index (χ1) is 12.1. The van der Waals surface area contributed by atoms with Gasteiger partial charge in [-0.25, -0.2) is 14.1 Å². The Morgan fingerprint density at radius 3 is 3.08 bits per heavy atom. The Morgan fingerprint density at radius 1 is 1.56 bits per heavy atom. The first kappa shape index (κ1) is 16.9. The summed E-state index contributed by atoms with van der Waals surface area (Å²) in [6, 6.07) is 4.15. The van der Waals surface area contributed by atoms with Crippen LogP contribution in [0.15, 0.2) is 36.0 Å². The fraction of sp³-hybridized carbons (Fsp3) is 0.375. The average molecular weight is 347 g/mol. The van der Waals surface area contributed by atoms with Crippen LogP contribution in [-0.4, -0.2) is 46.1 Å². The number of carbonyl (C=O) groups is 1. The van der Waals surface area contributed by atoms with Crippen LogP contribution < -0.4 is 10.1 Å². The van der Waals surface area contributed by atoms with E-state index < -0.39 is 11.9 Å². The maximum Gasteiger partial charge on any atom is 0.244 e. The van der Waals surface area contributed by atoms with Gasteiger partial charge >= 0.3 is 0 Å². The molecule has 25 heavy (non-hydrogen) atoms. The van der Waals surface area contributed by atoms with Gasteiger partial charge in [0.1, 0.15) is 24.8 Å². The molecule has 1 aromatic carbocycles. The number of halogens is 1. The van der Waals surface area contributed by atoms with Gasteiger partial charge in [-0.05, 0) is 25.1 Å². The average Bonchev–Trinajstić information content (AvgIpc) is 3.30. The molecule has 0 unspecified atom stereocenters. The Kier molecular flexibility index (Phi) is 4.92. The normalized spacial score (nSPS) is 17.6. The van der Waals surface area contributed by atoms with Crippen molar-refractivity contribution in [3.8, 4) is 5.75 Å². The number of hydrogen-bond acceptors (Lipinski definition) is 6. The molecule has 1 aromatic heterocycles. The van der Waals surface area contributed by atoms with Crippen LogP contribution in [0.1, 0.15) is 24.9 Å². The van der Waals surface area contributed by atoms with Crippen molar-refractivity contribution >= 4 is 11.6 Å². The van der Waals surface area contributed by atoms with Crippen molar-refractivity contribution in [2.45, 2.75) is 25.5 Å². The van der Waals surface area contributed by atoms with Crippen molar-refractivity contribution in [1.82, 2.24) is 20.1 Å². The lowest BCUT2D eigenvalue weighted by Gasteiger charge is -2.14. The zero-order valence-corrected chi connectivity index (χ0v) is 13.8. The summed E-state index contributed by atoms with van der Waals surface area (Å²) in [7, 11) is 1.41. The van der Waals surface area contributed by atoms with Crippen LogP contribution in [0.4, 0.5) is 4.39 Å². The maximum absolute atomic E-state index is 13.8. The summed E-state index contributed by atoms with van der Waals surface area (Å²) >= 11 is 0. The summed E-state index contributed by atoms with van der Waals surface area (Å²) in [5.41, 5.74) is 1.26. The van der Waals surface area contributed by atoms with E-state index in [1.807, 2.05) is 0 Å². The SMILES string of the molecule is COc1ccc(C2=NO[C@@H](CNC(=O)[C@@H](C)n3cncn3)C2)cc1F. The molecule has 0 fully saturated rings. The van der Waals surface area contributed by atoms with Crippen LogP contribution in [0.3, 0.4) is 0 Å². The molecule has 1 aliphatic heterocycles. The van der Waals surface area contributed by atoms with Crippen LogP contribution in [0.25, 0.3) is 0 Å². The quantitative estimate of drug-likeness (QED) is 0.850. The molecule has 0 bridgehead atoms. The number of ether oxygens (including phenoxy) is 1. The fourth-order valence-corrected chi connectivity index (χ4v) is 2.45. The summed E-state index contributed by atoms with van der Waals surface area (Å²) in [5, 5.41) is 10.7. The van der Waals surface area contributed by atoms with Crippen molar-refractivity contribution < 1.29 is 18.8 Å². The van der Waals surface area contributed by atoms with E-state index in [9.17, 15) is 9.18 Å². The van der Waals surface area contributed by atoms with E-state index in [0.29, 0.717) is 24.2 Å². The first-order valence-electron chi connectivity index (χ1n) is 7.77. The number of hydrogen-bond donors (Lipinski definition) is 1. The molecule has 3 rings (SSSR count). The summed E-state index contributed by atoms with van der Waals surface area (Å²) in [6.45, 7) is 2.02. The van der Waals surface area contributed by atoms with E-state index in [1.54, 1.807) is 19.1 Å². The molecule has 0 aliphatic carbocycles. The third kappa shape index (κ3) is 3.76. The zero-order chi connectivity index (χ0) is 17.8. The van der Waals surface area contributed by atoms with Gasteiger partial charge in [0.05, 0.1) is 19.4 Å². The van der Waals surface area contributed by atoms with Crippen molar-refractivity contribution in [3.63, 3.8) is 0 Å². The van der Waals surface area contributed by atoms with Gasteiger partial charge < -0.3 is 14.9 Å². The summed E-state index contributed by atoms with van der Waals surface area (Å²) in [4.78, 5) is 21.2. The maximum atomic E-state index is 13.8. The zero-order valence-electron chi connectivity index (χ0n) is 13.8. The Hall–Kier alpha value is -2.97. The first-order valence-corrected chi connectivity index (χ1v) is 7.77. The van der Waals surface area contributed by atoms with E-state index in [4.69, 9.17) is 9.57 Å². The van der Waals surface area contributed by atoms with Crippen LogP contribution in [-0.2, 0) is 9.63 Å². The van der Waals surface area contributed by atoms with Gasteiger partial charge in [-0.3, -0.25) is 4.79 Å². The summed E-state index contributed by atoms with van der Waals surface area (Å²) < 4.78 is 20.1. The van der Waals surface area contributed by atoms with Crippen molar-refractivity contribution in [2.75, 3.05) is 13.7 Å². The molecule has 132 valence electrons. The van der Waals surface area contributed by atoms with Gasteiger partial charge in [0, 0.05) is 12.0 Å². The lowest BCUT2D eigenvalue weighted by atomic mass is 10.0. The lowest BCUT2D eigenvalue weighted by Crippen LogP contribution is -2.36.